The molecule has 1 amide bonds. The van der Waals surface area contributed by atoms with Gasteiger partial charge in [0.25, 0.3) is 5.91 Å². The minimum atomic E-state index is 0.168. The fraction of sp³-hybridized carbons (Fsp3) is 0.588. The van der Waals surface area contributed by atoms with E-state index in [0.29, 0.717) is 4.58 Å². The standard InChI is InChI=1S/C17H25NOS2/c1-3-5-11-18(4-2)16(19)14-7-9-15(10-8-14)17-20-12-6-13-21-17/h7-10,17H,3-6,11-13H2,1-2H3. The van der Waals surface area contributed by atoms with E-state index in [-0.39, 0.29) is 5.91 Å². The quantitative estimate of drug-likeness (QED) is 0.749. The SMILES string of the molecule is CCCCN(CC)C(=O)c1ccc(C2SCCCS2)cc1. The molecule has 0 saturated carbocycles. The van der Waals surface area contributed by atoms with Gasteiger partial charge in [-0.25, -0.2) is 0 Å². The number of hydrogen-bond donors (Lipinski definition) is 0. The highest BCUT2D eigenvalue weighted by Crippen LogP contribution is 2.43. The molecule has 0 N–H and O–H groups in total. The molecule has 21 heavy (non-hydrogen) atoms. The van der Waals surface area contributed by atoms with Gasteiger partial charge in [0.2, 0.25) is 0 Å². The number of thioether (sulfide) groups is 2. The molecule has 4 heteroatoms. The van der Waals surface area contributed by atoms with Crippen molar-refractivity contribution in [1.82, 2.24) is 4.90 Å². The summed E-state index contributed by atoms with van der Waals surface area (Å²) in [5.41, 5.74) is 2.17. The Bertz CT molecular complexity index is 441. The highest BCUT2D eigenvalue weighted by atomic mass is 32.2. The van der Waals surface area contributed by atoms with Gasteiger partial charge < -0.3 is 4.90 Å². The Balaban J connectivity index is 2.01. The second-order valence-corrected chi connectivity index (χ2v) is 8.01. The molecular formula is C17H25NOS2. The van der Waals surface area contributed by atoms with Crippen molar-refractivity contribution in [3.63, 3.8) is 0 Å². The number of hydrogen-bond acceptors (Lipinski definition) is 3. The van der Waals surface area contributed by atoms with E-state index in [1.54, 1.807) is 0 Å². The van der Waals surface area contributed by atoms with Crippen LogP contribution in [0.4, 0.5) is 0 Å². The number of benzene rings is 1. The molecule has 1 heterocycles. The maximum Gasteiger partial charge on any atom is 0.253 e. The molecule has 0 aliphatic carbocycles. The van der Waals surface area contributed by atoms with Gasteiger partial charge in [-0.15, -0.1) is 23.5 Å². The largest absolute Gasteiger partial charge is 0.339 e. The Labute approximate surface area is 137 Å². The highest BCUT2D eigenvalue weighted by Gasteiger charge is 2.18. The van der Waals surface area contributed by atoms with Gasteiger partial charge in [-0.05, 0) is 49.0 Å². The normalized spacial score (nSPS) is 15.9. The Kier molecular flexibility index (Phi) is 6.97. The second kappa shape index (κ2) is 8.74. The van der Waals surface area contributed by atoms with Crippen LogP contribution >= 0.6 is 23.5 Å². The lowest BCUT2D eigenvalue weighted by molar-refractivity contribution is 0.0762. The summed E-state index contributed by atoms with van der Waals surface area (Å²) in [6.45, 7) is 5.86. The minimum absolute atomic E-state index is 0.168. The zero-order chi connectivity index (χ0) is 15.1. The van der Waals surface area contributed by atoms with Crippen LogP contribution in [0.2, 0.25) is 0 Å². The molecule has 0 bridgehead atoms. The van der Waals surface area contributed by atoms with Crippen molar-refractivity contribution >= 4 is 29.4 Å². The molecule has 1 saturated heterocycles. The smallest absolute Gasteiger partial charge is 0.253 e. The van der Waals surface area contributed by atoms with Crippen LogP contribution in [0.15, 0.2) is 24.3 Å². The van der Waals surface area contributed by atoms with Gasteiger partial charge in [-0.2, -0.15) is 0 Å². The number of unbranched alkanes of at least 4 members (excludes halogenated alkanes) is 1. The Hall–Kier alpha value is -0.610. The lowest BCUT2D eigenvalue weighted by atomic mass is 10.1. The van der Waals surface area contributed by atoms with E-state index in [0.717, 1.165) is 31.5 Å². The molecule has 0 spiro atoms. The second-order valence-electron chi connectivity index (χ2n) is 5.29. The summed E-state index contributed by atoms with van der Waals surface area (Å²) in [5, 5.41) is 0. The third-order valence-electron chi connectivity index (χ3n) is 3.71. The van der Waals surface area contributed by atoms with Gasteiger partial charge in [-0.1, -0.05) is 25.5 Å². The maximum absolute atomic E-state index is 12.5. The molecule has 2 nitrogen and oxygen atoms in total. The van der Waals surface area contributed by atoms with Gasteiger partial charge >= 0.3 is 0 Å². The van der Waals surface area contributed by atoms with E-state index in [1.807, 2.05) is 40.6 Å². The molecule has 0 radical (unpaired) electrons. The average molecular weight is 324 g/mol. The van der Waals surface area contributed by atoms with Crippen molar-refractivity contribution in [3.05, 3.63) is 35.4 Å². The molecule has 1 aromatic rings. The maximum atomic E-state index is 12.5. The predicted octanol–water partition coefficient (Wildman–Crippen LogP) is 4.82. The van der Waals surface area contributed by atoms with Gasteiger partial charge in [0.05, 0.1) is 4.58 Å². The molecule has 116 valence electrons. The van der Waals surface area contributed by atoms with Crippen molar-refractivity contribution in [2.24, 2.45) is 0 Å². The average Bonchev–Trinajstić information content (AvgIpc) is 2.56. The van der Waals surface area contributed by atoms with Crippen LogP contribution in [0.3, 0.4) is 0 Å². The van der Waals surface area contributed by atoms with Crippen molar-refractivity contribution in [3.8, 4) is 0 Å². The molecule has 0 aromatic heterocycles. The summed E-state index contributed by atoms with van der Waals surface area (Å²) in [5.74, 6) is 2.67. The zero-order valence-electron chi connectivity index (χ0n) is 13.0. The van der Waals surface area contributed by atoms with Crippen molar-refractivity contribution in [2.45, 2.75) is 37.7 Å². The monoisotopic (exact) mass is 323 g/mol. The van der Waals surface area contributed by atoms with E-state index in [9.17, 15) is 4.79 Å². The molecule has 1 aliphatic rings. The third-order valence-corrected chi connectivity index (χ3v) is 6.72. The Morgan fingerprint density at radius 2 is 1.86 bits per heavy atom. The Morgan fingerprint density at radius 3 is 2.43 bits per heavy atom. The van der Waals surface area contributed by atoms with Gasteiger partial charge in [-0.3, -0.25) is 4.79 Å². The summed E-state index contributed by atoms with van der Waals surface area (Å²) < 4.78 is 0.547. The minimum Gasteiger partial charge on any atom is -0.339 e. The molecule has 1 aliphatic heterocycles. The summed E-state index contributed by atoms with van der Waals surface area (Å²) in [7, 11) is 0. The van der Waals surface area contributed by atoms with E-state index in [4.69, 9.17) is 0 Å². The summed E-state index contributed by atoms with van der Waals surface area (Å²) >= 11 is 4.04. The fourth-order valence-electron chi connectivity index (χ4n) is 2.40. The number of nitrogens with zero attached hydrogens (tertiary/aromatic N) is 1. The van der Waals surface area contributed by atoms with E-state index in [2.05, 4.69) is 26.0 Å². The third kappa shape index (κ3) is 4.68. The van der Waals surface area contributed by atoms with Crippen molar-refractivity contribution < 1.29 is 4.79 Å². The zero-order valence-corrected chi connectivity index (χ0v) is 14.6. The lowest BCUT2D eigenvalue weighted by Crippen LogP contribution is -2.31. The first kappa shape index (κ1) is 16.8. The van der Waals surface area contributed by atoms with Gasteiger partial charge in [0.15, 0.2) is 0 Å². The van der Waals surface area contributed by atoms with Crippen molar-refractivity contribution in [2.75, 3.05) is 24.6 Å². The fourth-order valence-corrected chi connectivity index (χ4v) is 5.29. The molecule has 1 fully saturated rings. The summed E-state index contributed by atoms with van der Waals surface area (Å²) in [6.07, 6.45) is 3.51. The first-order valence-electron chi connectivity index (χ1n) is 7.88. The first-order chi connectivity index (χ1) is 10.3. The van der Waals surface area contributed by atoms with Crippen LogP contribution in [0.25, 0.3) is 0 Å². The molecule has 0 unspecified atom stereocenters. The number of amides is 1. The van der Waals surface area contributed by atoms with E-state index < -0.39 is 0 Å². The van der Waals surface area contributed by atoms with Crippen molar-refractivity contribution in [1.29, 1.82) is 0 Å². The number of carbonyl (C=O) groups excluding carboxylic acids is 1. The van der Waals surface area contributed by atoms with Gasteiger partial charge in [0.1, 0.15) is 0 Å². The summed E-state index contributed by atoms with van der Waals surface area (Å²) in [6, 6.07) is 8.28. The van der Waals surface area contributed by atoms with Crippen LogP contribution in [-0.4, -0.2) is 35.4 Å². The first-order valence-corrected chi connectivity index (χ1v) is 9.98. The van der Waals surface area contributed by atoms with Crippen LogP contribution in [0, 0.1) is 0 Å². The van der Waals surface area contributed by atoms with Crippen LogP contribution in [-0.2, 0) is 0 Å². The molecule has 2 rings (SSSR count). The van der Waals surface area contributed by atoms with Crippen LogP contribution in [0.1, 0.15) is 53.6 Å². The number of carbonyl (C=O) groups is 1. The van der Waals surface area contributed by atoms with Crippen LogP contribution in [0.5, 0.6) is 0 Å². The Morgan fingerprint density at radius 1 is 1.19 bits per heavy atom. The lowest BCUT2D eigenvalue weighted by Gasteiger charge is -2.23. The molecular weight excluding hydrogens is 298 g/mol. The molecule has 1 aromatic carbocycles. The van der Waals surface area contributed by atoms with E-state index in [1.165, 1.54) is 23.5 Å². The topological polar surface area (TPSA) is 20.3 Å². The van der Waals surface area contributed by atoms with Crippen LogP contribution < -0.4 is 0 Å². The number of rotatable bonds is 6. The van der Waals surface area contributed by atoms with Gasteiger partial charge in [0, 0.05) is 18.7 Å². The predicted molar refractivity (Wildman–Crippen MR) is 95.2 cm³/mol. The highest BCUT2D eigenvalue weighted by molar-refractivity contribution is 8.16. The van der Waals surface area contributed by atoms with E-state index >= 15 is 0 Å². The summed E-state index contributed by atoms with van der Waals surface area (Å²) in [4.78, 5) is 14.4. The molecule has 0 atom stereocenters.